The zero-order valence-electron chi connectivity index (χ0n) is 12.2. The SMILES string of the molecule is CCCC/C=C/C=C/C=C/C=C/C=C/OC[C@@H](O)CO. The van der Waals surface area contributed by atoms with Gasteiger partial charge in [0.2, 0.25) is 0 Å². The third-order valence-corrected chi connectivity index (χ3v) is 2.31. The van der Waals surface area contributed by atoms with Crippen molar-refractivity contribution in [1.29, 1.82) is 0 Å². The van der Waals surface area contributed by atoms with Gasteiger partial charge in [0.25, 0.3) is 0 Å². The van der Waals surface area contributed by atoms with Crippen LogP contribution in [-0.2, 0) is 4.74 Å². The molecule has 0 spiro atoms. The molecular formula is C17H26O3. The Hall–Kier alpha value is -1.58. The number of allylic oxidation sites excluding steroid dienone is 9. The van der Waals surface area contributed by atoms with Crippen LogP contribution in [0.1, 0.15) is 26.2 Å². The van der Waals surface area contributed by atoms with Crippen LogP contribution < -0.4 is 0 Å². The van der Waals surface area contributed by atoms with E-state index in [1.165, 1.54) is 19.1 Å². The van der Waals surface area contributed by atoms with Gasteiger partial charge in [0.1, 0.15) is 12.7 Å². The van der Waals surface area contributed by atoms with Gasteiger partial charge in [-0.15, -0.1) is 0 Å². The van der Waals surface area contributed by atoms with E-state index in [9.17, 15) is 0 Å². The second kappa shape index (κ2) is 15.5. The predicted molar refractivity (Wildman–Crippen MR) is 84.3 cm³/mol. The van der Waals surface area contributed by atoms with E-state index >= 15 is 0 Å². The molecule has 0 aliphatic carbocycles. The molecule has 20 heavy (non-hydrogen) atoms. The minimum atomic E-state index is -0.820. The third-order valence-electron chi connectivity index (χ3n) is 2.31. The lowest BCUT2D eigenvalue weighted by Gasteiger charge is -2.04. The summed E-state index contributed by atoms with van der Waals surface area (Å²) in [4.78, 5) is 0. The van der Waals surface area contributed by atoms with E-state index in [-0.39, 0.29) is 13.2 Å². The maximum atomic E-state index is 9.00. The quantitative estimate of drug-likeness (QED) is 0.346. The molecule has 0 rings (SSSR count). The van der Waals surface area contributed by atoms with Crippen molar-refractivity contribution >= 4 is 0 Å². The Balaban J connectivity index is 3.63. The molecule has 0 bridgehead atoms. The minimum Gasteiger partial charge on any atom is -0.498 e. The van der Waals surface area contributed by atoms with Crippen molar-refractivity contribution in [3.8, 4) is 0 Å². The minimum absolute atomic E-state index is 0.101. The molecule has 0 saturated heterocycles. The zero-order chi connectivity index (χ0) is 14.9. The number of hydrogen-bond donors (Lipinski definition) is 2. The molecular weight excluding hydrogens is 252 g/mol. The first kappa shape index (κ1) is 18.4. The first-order valence-corrected chi connectivity index (χ1v) is 7.03. The second-order valence-corrected chi connectivity index (χ2v) is 4.22. The molecule has 0 amide bonds. The predicted octanol–water partition coefficient (Wildman–Crippen LogP) is 3.28. The van der Waals surface area contributed by atoms with E-state index in [0.717, 1.165) is 6.42 Å². The van der Waals surface area contributed by atoms with Crippen molar-refractivity contribution in [3.63, 3.8) is 0 Å². The highest BCUT2D eigenvalue weighted by Gasteiger charge is 1.98. The van der Waals surface area contributed by atoms with Gasteiger partial charge < -0.3 is 14.9 Å². The van der Waals surface area contributed by atoms with Crippen molar-refractivity contribution in [2.24, 2.45) is 0 Å². The standard InChI is InChI=1S/C17H26O3/c1-2-3-4-5-6-7-8-9-10-11-12-13-14-20-16-17(19)15-18/h5-14,17-19H,2-4,15-16H2,1H3/b6-5+,8-7+,10-9+,12-11+,14-13+/t17-/m0/s1. The summed E-state index contributed by atoms with van der Waals surface area (Å²) >= 11 is 0. The first-order chi connectivity index (χ1) is 9.81. The van der Waals surface area contributed by atoms with Crippen molar-refractivity contribution in [2.45, 2.75) is 32.3 Å². The molecule has 2 N–H and O–H groups in total. The second-order valence-electron chi connectivity index (χ2n) is 4.22. The Kier molecular flexibility index (Phi) is 14.3. The topological polar surface area (TPSA) is 49.7 Å². The highest BCUT2D eigenvalue weighted by molar-refractivity contribution is 5.17. The van der Waals surface area contributed by atoms with Crippen LogP contribution in [0.5, 0.6) is 0 Å². The van der Waals surface area contributed by atoms with Crippen LogP contribution in [0.25, 0.3) is 0 Å². The van der Waals surface area contributed by atoms with Gasteiger partial charge in [-0.2, -0.15) is 0 Å². The van der Waals surface area contributed by atoms with Crippen LogP contribution >= 0.6 is 0 Å². The van der Waals surface area contributed by atoms with Crippen LogP contribution in [0.4, 0.5) is 0 Å². The van der Waals surface area contributed by atoms with Gasteiger partial charge in [0.15, 0.2) is 0 Å². The average molecular weight is 278 g/mol. The van der Waals surface area contributed by atoms with E-state index in [0.29, 0.717) is 0 Å². The van der Waals surface area contributed by atoms with E-state index in [1.807, 2.05) is 36.5 Å². The van der Waals surface area contributed by atoms with Gasteiger partial charge in [-0.3, -0.25) is 0 Å². The van der Waals surface area contributed by atoms with E-state index in [1.54, 1.807) is 6.08 Å². The van der Waals surface area contributed by atoms with Gasteiger partial charge in [-0.1, -0.05) is 68.4 Å². The highest BCUT2D eigenvalue weighted by Crippen LogP contribution is 1.95. The van der Waals surface area contributed by atoms with Gasteiger partial charge in [0, 0.05) is 0 Å². The van der Waals surface area contributed by atoms with Crippen molar-refractivity contribution in [1.82, 2.24) is 0 Å². The van der Waals surface area contributed by atoms with Crippen LogP contribution in [0.2, 0.25) is 0 Å². The summed E-state index contributed by atoms with van der Waals surface area (Å²) in [7, 11) is 0. The molecule has 0 fully saturated rings. The number of rotatable bonds is 11. The van der Waals surface area contributed by atoms with E-state index in [2.05, 4.69) is 19.1 Å². The Labute approximate surface area is 122 Å². The molecule has 3 nitrogen and oxygen atoms in total. The lowest BCUT2D eigenvalue weighted by atomic mass is 10.2. The number of ether oxygens (including phenoxy) is 1. The van der Waals surface area contributed by atoms with Crippen molar-refractivity contribution in [3.05, 3.63) is 60.9 Å². The normalized spacial score (nSPS) is 14.6. The Morgan fingerprint density at radius 3 is 2.15 bits per heavy atom. The average Bonchev–Trinajstić information content (AvgIpc) is 2.47. The Morgan fingerprint density at radius 1 is 0.950 bits per heavy atom. The molecule has 3 heteroatoms. The smallest absolute Gasteiger partial charge is 0.115 e. The summed E-state index contributed by atoms with van der Waals surface area (Å²) in [6.45, 7) is 2.00. The lowest BCUT2D eigenvalue weighted by molar-refractivity contribution is 0.0384. The van der Waals surface area contributed by atoms with E-state index in [4.69, 9.17) is 14.9 Å². The maximum Gasteiger partial charge on any atom is 0.115 e. The fraction of sp³-hybridized carbons (Fsp3) is 0.412. The van der Waals surface area contributed by atoms with Crippen LogP contribution in [0.15, 0.2) is 60.9 Å². The largest absolute Gasteiger partial charge is 0.498 e. The summed E-state index contributed by atoms with van der Waals surface area (Å²) in [6.07, 6.45) is 21.8. The van der Waals surface area contributed by atoms with E-state index < -0.39 is 6.10 Å². The van der Waals surface area contributed by atoms with Gasteiger partial charge >= 0.3 is 0 Å². The van der Waals surface area contributed by atoms with Crippen LogP contribution in [-0.4, -0.2) is 29.5 Å². The number of unbranched alkanes of at least 4 members (excludes halogenated alkanes) is 2. The molecule has 0 aliphatic rings. The molecule has 0 radical (unpaired) electrons. The highest BCUT2D eigenvalue weighted by atomic mass is 16.5. The third kappa shape index (κ3) is 14.5. The van der Waals surface area contributed by atoms with Gasteiger partial charge in [-0.05, 0) is 12.5 Å². The summed E-state index contributed by atoms with van der Waals surface area (Å²) in [6, 6.07) is 0. The fourth-order valence-electron chi connectivity index (χ4n) is 1.20. The van der Waals surface area contributed by atoms with Gasteiger partial charge in [0.05, 0.1) is 12.9 Å². The summed E-state index contributed by atoms with van der Waals surface area (Å²) in [5, 5.41) is 17.5. The Bertz CT molecular complexity index is 338. The summed E-state index contributed by atoms with van der Waals surface area (Å²) in [5.74, 6) is 0. The lowest BCUT2D eigenvalue weighted by Crippen LogP contribution is -2.17. The molecule has 0 heterocycles. The number of hydrogen-bond acceptors (Lipinski definition) is 3. The van der Waals surface area contributed by atoms with Crippen molar-refractivity contribution in [2.75, 3.05) is 13.2 Å². The molecule has 1 atom stereocenters. The van der Waals surface area contributed by atoms with Crippen LogP contribution in [0.3, 0.4) is 0 Å². The molecule has 0 aromatic carbocycles. The van der Waals surface area contributed by atoms with Gasteiger partial charge in [-0.25, -0.2) is 0 Å². The zero-order valence-corrected chi connectivity index (χ0v) is 12.2. The van der Waals surface area contributed by atoms with Crippen molar-refractivity contribution < 1.29 is 14.9 Å². The monoisotopic (exact) mass is 278 g/mol. The molecule has 0 unspecified atom stereocenters. The number of aliphatic hydroxyl groups is 2. The molecule has 0 aliphatic heterocycles. The van der Waals surface area contributed by atoms with Crippen LogP contribution in [0, 0.1) is 0 Å². The first-order valence-electron chi connectivity index (χ1n) is 7.03. The summed E-state index contributed by atoms with van der Waals surface area (Å²) in [5.41, 5.74) is 0. The molecule has 0 aromatic heterocycles. The molecule has 0 aromatic rings. The fourth-order valence-corrected chi connectivity index (χ4v) is 1.20. The maximum absolute atomic E-state index is 9.00. The molecule has 0 saturated carbocycles. The molecule has 112 valence electrons. The summed E-state index contributed by atoms with van der Waals surface area (Å²) < 4.78 is 4.99. The number of aliphatic hydroxyl groups excluding tert-OH is 2. The Morgan fingerprint density at radius 2 is 1.55 bits per heavy atom.